The van der Waals surface area contributed by atoms with Gasteiger partial charge in [0.1, 0.15) is 6.10 Å². The van der Waals surface area contributed by atoms with Crippen molar-refractivity contribution in [2.45, 2.75) is 25.6 Å². The highest BCUT2D eigenvalue weighted by Crippen LogP contribution is 2.04. The topological polar surface area (TPSA) is 66.8 Å². The predicted octanol–water partition coefficient (Wildman–Crippen LogP) is -0.153. The summed E-state index contributed by atoms with van der Waals surface area (Å²) in [5, 5.41) is 17.6. The number of hydrogen-bond acceptors (Lipinski definition) is 4. The summed E-state index contributed by atoms with van der Waals surface area (Å²) in [5.41, 5.74) is 0. The van der Waals surface area contributed by atoms with Crippen LogP contribution in [-0.2, 0) is 9.53 Å². The fourth-order valence-electron chi connectivity index (χ4n) is 0.723. The third kappa shape index (κ3) is 4.10. The number of rotatable bonds is 5. The Morgan fingerprint density at radius 2 is 2.33 bits per heavy atom. The average molecular weight is 174 g/mol. The van der Waals surface area contributed by atoms with Crippen LogP contribution >= 0.6 is 0 Å². The average Bonchev–Trinajstić information content (AvgIpc) is 2.03. The lowest BCUT2D eigenvalue weighted by Gasteiger charge is -2.18. The number of aliphatic hydroxyl groups is 2. The van der Waals surface area contributed by atoms with Gasteiger partial charge in [0.15, 0.2) is 0 Å². The first kappa shape index (κ1) is 11.1. The minimum absolute atomic E-state index is 0.125. The SMILES string of the molecule is C=CC(=O)OC(CCO)C(C)O. The van der Waals surface area contributed by atoms with E-state index in [-0.39, 0.29) is 13.0 Å². The summed E-state index contributed by atoms with van der Waals surface area (Å²) in [6, 6.07) is 0. The third-order valence-electron chi connectivity index (χ3n) is 1.39. The molecule has 2 N–H and O–H groups in total. The smallest absolute Gasteiger partial charge is 0.330 e. The maximum atomic E-state index is 10.7. The van der Waals surface area contributed by atoms with Gasteiger partial charge in [0, 0.05) is 19.1 Å². The molecule has 70 valence electrons. The summed E-state index contributed by atoms with van der Waals surface area (Å²) in [4.78, 5) is 10.7. The molecule has 4 nitrogen and oxygen atoms in total. The van der Waals surface area contributed by atoms with Crippen LogP contribution in [0, 0.1) is 0 Å². The molecule has 0 aliphatic rings. The molecule has 0 aromatic carbocycles. The Kier molecular flexibility index (Phi) is 5.32. The van der Waals surface area contributed by atoms with E-state index in [1.54, 1.807) is 0 Å². The molecule has 0 aromatic rings. The number of ether oxygens (including phenoxy) is 1. The van der Waals surface area contributed by atoms with Crippen molar-refractivity contribution in [2.24, 2.45) is 0 Å². The number of carbonyl (C=O) groups excluding carboxylic acids is 1. The van der Waals surface area contributed by atoms with Crippen LogP contribution in [0.1, 0.15) is 13.3 Å². The van der Waals surface area contributed by atoms with Crippen LogP contribution < -0.4 is 0 Å². The van der Waals surface area contributed by atoms with Gasteiger partial charge in [-0.3, -0.25) is 0 Å². The van der Waals surface area contributed by atoms with Crippen LogP contribution in [0.4, 0.5) is 0 Å². The number of hydrogen-bond donors (Lipinski definition) is 2. The Balaban J connectivity index is 3.94. The molecule has 0 saturated carbocycles. The third-order valence-corrected chi connectivity index (χ3v) is 1.39. The molecule has 12 heavy (non-hydrogen) atoms. The van der Waals surface area contributed by atoms with Crippen LogP contribution in [0.2, 0.25) is 0 Å². The summed E-state index contributed by atoms with van der Waals surface area (Å²) in [7, 11) is 0. The number of carbonyl (C=O) groups is 1. The molecule has 0 aliphatic carbocycles. The molecule has 0 heterocycles. The minimum atomic E-state index is -0.777. The molecule has 4 heteroatoms. The highest BCUT2D eigenvalue weighted by Gasteiger charge is 2.17. The summed E-state index contributed by atoms with van der Waals surface area (Å²) in [5.74, 6) is -0.589. The Labute approximate surface area is 71.5 Å². The van der Waals surface area contributed by atoms with Crippen LogP contribution in [0.25, 0.3) is 0 Å². The molecule has 0 aliphatic heterocycles. The standard InChI is InChI=1S/C8H14O4/c1-3-8(11)12-7(4-5-9)6(2)10/h3,6-7,9-10H,1,4-5H2,2H3. The van der Waals surface area contributed by atoms with Crippen molar-refractivity contribution in [3.63, 3.8) is 0 Å². The molecular weight excluding hydrogens is 160 g/mol. The van der Waals surface area contributed by atoms with E-state index in [9.17, 15) is 4.79 Å². The molecule has 2 unspecified atom stereocenters. The zero-order chi connectivity index (χ0) is 9.56. The van der Waals surface area contributed by atoms with Gasteiger partial charge in [-0.25, -0.2) is 4.79 Å². The van der Waals surface area contributed by atoms with Crippen LogP contribution in [0.5, 0.6) is 0 Å². The van der Waals surface area contributed by atoms with E-state index >= 15 is 0 Å². The quantitative estimate of drug-likeness (QED) is 0.449. The van der Waals surface area contributed by atoms with E-state index in [4.69, 9.17) is 14.9 Å². The lowest BCUT2D eigenvalue weighted by molar-refractivity contribution is -0.149. The summed E-state index contributed by atoms with van der Waals surface area (Å²) >= 11 is 0. The number of aliphatic hydroxyl groups excluding tert-OH is 2. The second kappa shape index (κ2) is 5.74. The first-order chi connectivity index (χ1) is 5.61. The molecule has 0 amide bonds. The zero-order valence-corrected chi connectivity index (χ0v) is 7.06. The van der Waals surface area contributed by atoms with E-state index in [1.165, 1.54) is 6.92 Å². The van der Waals surface area contributed by atoms with Crippen molar-refractivity contribution >= 4 is 5.97 Å². The first-order valence-electron chi connectivity index (χ1n) is 3.73. The van der Waals surface area contributed by atoms with Crippen LogP contribution in [0.3, 0.4) is 0 Å². The fraction of sp³-hybridized carbons (Fsp3) is 0.625. The normalized spacial score (nSPS) is 14.9. The van der Waals surface area contributed by atoms with E-state index in [0.29, 0.717) is 0 Å². The Morgan fingerprint density at radius 1 is 1.75 bits per heavy atom. The van der Waals surface area contributed by atoms with Gasteiger partial charge in [-0.1, -0.05) is 6.58 Å². The molecule has 0 bridgehead atoms. The van der Waals surface area contributed by atoms with Crippen LogP contribution in [-0.4, -0.2) is 35.0 Å². The Bertz CT molecular complexity index is 153. The summed E-state index contributed by atoms with van der Waals surface area (Å²) in [6.07, 6.45) is -0.175. The lowest BCUT2D eigenvalue weighted by atomic mass is 10.2. The van der Waals surface area contributed by atoms with Crippen molar-refractivity contribution in [3.05, 3.63) is 12.7 Å². The second-order valence-corrected chi connectivity index (χ2v) is 2.43. The lowest BCUT2D eigenvalue weighted by Crippen LogP contribution is -2.29. The molecule has 0 spiro atoms. The first-order valence-corrected chi connectivity index (χ1v) is 3.73. The molecule has 2 atom stereocenters. The van der Waals surface area contributed by atoms with Gasteiger partial charge < -0.3 is 14.9 Å². The van der Waals surface area contributed by atoms with Gasteiger partial charge in [-0.05, 0) is 6.92 Å². The Morgan fingerprint density at radius 3 is 2.67 bits per heavy atom. The summed E-state index contributed by atoms with van der Waals surface area (Å²) < 4.78 is 4.73. The zero-order valence-electron chi connectivity index (χ0n) is 7.06. The minimum Gasteiger partial charge on any atom is -0.456 e. The number of esters is 1. The van der Waals surface area contributed by atoms with E-state index in [2.05, 4.69) is 6.58 Å². The van der Waals surface area contributed by atoms with Gasteiger partial charge in [-0.15, -0.1) is 0 Å². The van der Waals surface area contributed by atoms with E-state index < -0.39 is 18.2 Å². The van der Waals surface area contributed by atoms with Gasteiger partial charge in [0.05, 0.1) is 6.10 Å². The largest absolute Gasteiger partial charge is 0.456 e. The van der Waals surface area contributed by atoms with Crippen molar-refractivity contribution in [2.75, 3.05) is 6.61 Å². The maximum Gasteiger partial charge on any atom is 0.330 e. The predicted molar refractivity (Wildman–Crippen MR) is 43.5 cm³/mol. The van der Waals surface area contributed by atoms with E-state index in [0.717, 1.165) is 6.08 Å². The van der Waals surface area contributed by atoms with Gasteiger partial charge in [0.2, 0.25) is 0 Å². The van der Waals surface area contributed by atoms with Crippen LogP contribution in [0.15, 0.2) is 12.7 Å². The van der Waals surface area contributed by atoms with Gasteiger partial charge in [0.25, 0.3) is 0 Å². The monoisotopic (exact) mass is 174 g/mol. The summed E-state index contributed by atoms with van der Waals surface area (Å²) in [6.45, 7) is 4.59. The Hall–Kier alpha value is -0.870. The van der Waals surface area contributed by atoms with Crippen molar-refractivity contribution < 1.29 is 19.7 Å². The van der Waals surface area contributed by atoms with Gasteiger partial charge in [-0.2, -0.15) is 0 Å². The molecule has 0 saturated heterocycles. The molecule has 0 radical (unpaired) electrons. The second-order valence-electron chi connectivity index (χ2n) is 2.43. The highest BCUT2D eigenvalue weighted by molar-refractivity contribution is 5.81. The molecular formula is C8H14O4. The van der Waals surface area contributed by atoms with E-state index in [1.807, 2.05) is 0 Å². The van der Waals surface area contributed by atoms with Crippen molar-refractivity contribution in [3.8, 4) is 0 Å². The fourth-order valence-corrected chi connectivity index (χ4v) is 0.723. The maximum absolute atomic E-state index is 10.7. The molecule has 0 aromatic heterocycles. The highest BCUT2D eigenvalue weighted by atomic mass is 16.6. The molecule has 0 fully saturated rings. The van der Waals surface area contributed by atoms with Gasteiger partial charge >= 0.3 is 5.97 Å². The van der Waals surface area contributed by atoms with Crippen molar-refractivity contribution in [1.29, 1.82) is 0 Å². The van der Waals surface area contributed by atoms with Crippen molar-refractivity contribution in [1.82, 2.24) is 0 Å². The molecule has 0 rings (SSSR count).